The van der Waals surface area contributed by atoms with Crippen molar-refractivity contribution in [3.05, 3.63) is 41.6 Å². The van der Waals surface area contributed by atoms with Crippen LogP contribution in [0.3, 0.4) is 0 Å². The number of benzene rings is 1. The van der Waals surface area contributed by atoms with Crippen LogP contribution < -0.4 is 15.5 Å². The molecule has 0 saturated carbocycles. The molecule has 9 nitrogen and oxygen atoms in total. The highest BCUT2D eigenvalue weighted by Crippen LogP contribution is 2.35. The molecule has 2 N–H and O–H groups in total. The summed E-state index contributed by atoms with van der Waals surface area (Å²) in [5.41, 5.74) is 2.63. The highest BCUT2D eigenvalue weighted by molar-refractivity contribution is 7.98. The molecule has 164 valence electrons. The maximum atomic E-state index is 13.0. The average Bonchev–Trinajstić information content (AvgIpc) is 3.45. The van der Waals surface area contributed by atoms with E-state index in [0.717, 1.165) is 28.5 Å². The Hall–Kier alpha value is -2.85. The van der Waals surface area contributed by atoms with Gasteiger partial charge < -0.3 is 20.3 Å². The summed E-state index contributed by atoms with van der Waals surface area (Å²) >= 11 is 1.72. The Labute approximate surface area is 184 Å². The number of amides is 3. The van der Waals surface area contributed by atoms with E-state index < -0.39 is 5.92 Å². The molecule has 31 heavy (non-hydrogen) atoms. The minimum absolute atomic E-state index is 0.0106. The number of hydrogen-bond acceptors (Lipinski definition) is 6. The Bertz CT molecular complexity index is 978. The lowest BCUT2D eigenvalue weighted by Crippen LogP contribution is -2.32. The molecule has 3 heterocycles. The van der Waals surface area contributed by atoms with Gasteiger partial charge in [0.15, 0.2) is 0 Å². The molecular weight excluding hydrogens is 418 g/mol. The van der Waals surface area contributed by atoms with Crippen molar-refractivity contribution in [1.29, 1.82) is 0 Å². The fourth-order valence-corrected chi connectivity index (χ4v) is 4.80. The number of ether oxygens (including phenoxy) is 1. The molecule has 3 amide bonds. The van der Waals surface area contributed by atoms with Gasteiger partial charge in [0, 0.05) is 49.4 Å². The molecule has 0 unspecified atom stereocenters. The lowest BCUT2D eigenvalue weighted by atomic mass is 10.1. The zero-order valence-electron chi connectivity index (χ0n) is 17.3. The normalized spacial score (nSPS) is 17.6. The van der Waals surface area contributed by atoms with Crippen molar-refractivity contribution in [2.45, 2.75) is 24.5 Å². The van der Waals surface area contributed by atoms with Gasteiger partial charge in [-0.1, -0.05) is 18.2 Å². The summed E-state index contributed by atoms with van der Waals surface area (Å²) in [4.78, 5) is 39.4. The van der Waals surface area contributed by atoms with Crippen LogP contribution in [-0.4, -0.2) is 54.3 Å². The van der Waals surface area contributed by atoms with Crippen LogP contribution in [0.4, 0.5) is 11.5 Å². The first-order chi connectivity index (χ1) is 15.1. The number of nitrogens with one attached hydrogen (secondary N) is 2. The molecular formula is C21H25N5O4S. The third-order valence-corrected chi connectivity index (χ3v) is 6.32. The molecule has 1 saturated heterocycles. The summed E-state index contributed by atoms with van der Waals surface area (Å²) in [6.07, 6.45) is 0.156. The van der Waals surface area contributed by atoms with Crippen LogP contribution in [0.1, 0.15) is 17.7 Å². The molecule has 0 bridgehead atoms. The minimum Gasteiger partial charge on any atom is -0.383 e. The van der Waals surface area contributed by atoms with E-state index in [4.69, 9.17) is 4.74 Å². The third-order valence-electron chi connectivity index (χ3n) is 5.35. The van der Waals surface area contributed by atoms with Crippen LogP contribution in [-0.2, 0) is 37.2 Å². The number of carbonyl (C=O) groups excluding carboxylic acids is 3. The second-order valence-corrected chi connectivity index (χ2v) is 8.48. The molecule has 2 aliphatic rings. The van der Waals surface area contributed by atoms with Crippen LogP contribution in [0, 0.1) is 5.92 Å². The number of thioether (sulfide) groups is 1. The lowest BCUT2D eigenvalue weighted by molar-refractivity contribution is -0.122. The Morgan fingerprint density at radius 2 is 2.06 bits per heavy atom. The number of aromatic nitrogens is 2. The number of anilines is 2. The summed E-state index contributed by atoms with van der Waals surface area (Å²) in [5.74, 6) is 1.07. The summed E-state index contributed by atoms with van der Waals surface area (Å²) in [6, 6.07) is 9.35. The van der Waals surface area contributed by atoms with E-state index >= 15 is 0 Å². The van der Waals surface area contributed by atoms with Crippen LogP contribution >= 0.6 is 11.8 Å². The monoisotopic (exact) mass is 443 g/mol. The van der Waals surface area contributed by atoms with Gasteiger partial charge in [-0.05, 0) is 12.1 Å². The maximum absolute atomic E-state index is 13.0. The molecule has 1 fully saturated rings. The Morgan fingerprint density at radius 1 is 1.26 bits per heavy atom. The van der Waals surface area contributed by atoms with E-state index in [9.17, 15) is 14.4 Å². The van der Waals surface area contributed by atoms with E-state index in [1.807, 2.05) is 30.3 Å². The Kier molecular flexibility index (Phi) is 6.57. The second-order valence-electron chi connectivity index (χ2n) is 7.50. The third kappa shape index (κ3) is 4.75. The SMILES string of the molecule is COCCNC(=O)Cn1nc2c(c1NC(=O)[C@H]1CC(=O)N(c3ccccc3)C1)CSC2. The van der Waals surface area contributed by atoms with Gasteiger partial charge in [-0.2, -0.15) is 16.9 Å². The van der Waals surface area contributed by atoms with Crippen LogP contribution in [0.25, 0.3) is 0 Å². The maximum Gasteiger partial charge on any atom is 0.241 e. The zero-order valence-corrected chi connectivity index (χ0v) is 18.1. The standard InChI is InChI=1S/C21H25N5O4S/c1-30-8-7-22-18(27)11-26-20(16-12-31-13-17(16)24-26)23-21(29)14-9-19(28)25(10-14)15-5-3-2-4-6-15/h2-6,14H,7-13H2,1H3,(H,22,27)(H,23,29)/t14-/m0/s1. The first-order valence-corrected chi connectivity index (χ1v) is 11.3. The second kappa shape index (κ2) is 9.52. The summed E-state index contributed by atoms with van der Waals surface area (Å²) in [6.45, 7) is 1.18. The Balaban J connectivity index is 1.45. The van der Waals surface area contributed by atoms with E-state index in [-0.39, 0.29) is 30.7 Å². The number of rotatable bonds is 8. The quantitative estimate of drug-likeness (QED) is 0.598. The number of fused-ring (bicyclic) bond motifs is 1. The zero-order chi connectivity index (χ0) is 21.8. The molecule has 0 aliphatic carbocycles. The van der Waals surface area contributed by atoms with E-state index in [1.54, 1.807) is 28.5 Å². The van der Waals surface area contributed by atoms with Crippen molar-refractivity contribution < 1.29 is 19.1 Å². The number of methoxy groups -OCH3 is 1. The van der Waals surface area contributed by atoms with Gasteiger partial charge in [0.25, 0.3) is 0 Å². The predicted octanol–water partition coefficient (Wildman–Crippen LogP) is 1.38. The van der Waals surface area contributed by atoms with E-state index in [1.165, 1.54) is 0 Å². The van der Waals surface area contributed by atoms with Gasteiger partial charge in [0.05, 0.1) is 18.2 Å². The minimum atomic E-state index is -0.462. The van der Waals surface area contributed by atoms with Gasteiger partial charge in [-0.25, -0.2) is 4.68 Å². The van der Waals surface area contributed by atoms with Crippen molar-refractivity contribution in [2.75, 3.05) is 37.0 Å². The fraction of sp³-hybridized carbons (Fsp3) is 0.429. The smallest absolute Gasteiger partial charge is 0.241 e. The molecule has 1 aromatic heterocycles. The summed E-state index contributed by atoms with van der Waals surface area (Å²) < 4.78 is 6.50. The van der Waals surface area contributed by atoms with Crippen LogP contribution in [0.2, 0.25) is 0 Å². The fourth-order valence-electron chi connectivity index (χ4n) is 3.76. The lowest BCUT2D eigenvalue weighted by Gasteiger charge is -2.17. The van der Waals surface area contributed by atoms with Crippen molar-refractivity contribution in [3.8, 4) is 0 Å². The van der Waals surface area contributed by atoms with Gasteiger partial charge in [0.2, 0.25) is 17.7 Å². The number of carbonyl (C=O) groups is 3. The van der Waals surface area contributed by atoms with Crippen molar-refractivity contribution in [3.63, 3.8) is 0 Å². The summed E-state index contributed by atoms with van der Waals surface area (Å²) in [5, 5.41) is 10.3. The number of nitrogens with zero attached hydrogens (tertiary/aromatic N) is 3. The summed E-state index contributed by atoms with van der Waals surface area (Å²) in [7, 11) is 1.57. The van der Waals surface area contributed by atoms with E-state index in [0.29, 0.717) is 25.5 Å². The van der Waals surface area contributed by atoms with E-state index in [2.05, 4.69) is 15.7 Å². The van der Waals surface area contributed by atoms with Gasteiger partial charge in [0.1, 0.15) is 12.4 Å². The molecule has 4 rings (SSSR count). The van der Waals surface area contributed by atoms with Gasteiger partial charge >= 0.3 is 0 Å². The molecule has 1 atom stereocenters. The Morgan fingerprint density at radius 3 is 2.84 bits per heavy atom. The van der Waals surface area contributed by atoms with Gasteiger partial charge in [-0.15, -0.1) is 0 Å². The van der Waals surface area contributed by atoms with Crippen LogP contribution in [0.15, 0.2) is 30.3 Å². The molecule has 0 radical (unpaired) electrons. The average molecular weight is 444 g/mol. The van der Waals surface area contributed by atoms with Crippen molar-refractivity contribution in [1.82, 2.24) is 15.1 Å². The highest BCUT2D eigenvalue weighted by Gasteiger charge is 2.36. The van der Waals surface area contributed by atoms with Crippen LogP contribution in [0.5, 0.6) is 0 Å². The molecule has 10 heteroatoms. The van der Waals surface area contributed by atoms with Crippen molar-refractivity contribution in [2.24, 2.45) is 5.92 Å². The molecule has 2 aromatic rings. The highest BCUT2D eigenvalue weighted by atomic mass is 32.2. The largest absolute Gasteiger partial charge is 0.383 e. The van der Waals surface area contributed by atoms with Gasteiger partial charge in [-0.3, -0.25) is 14.4 Å². The first-order valence-electron chi connectivity index (χ1n) is 10.1. The number of para-hydroxylation sites is 1. The van der Waals surface area contributed by atoms with Crippen molar-refractivity contribution >= 4 is 41.0 Å². The topological polar surface area (TPSA) is 106 Å². The molecule has 1 aromatic carbocycles. The molecule has 2 aliphatic heterocycles. The molecule has 0 spiro atoms. The predicted molar refractivity (Wildman–Crippen MR) is 118 cm³/mol. The number of hydrogen-bond donors (Lipinski definition) is 2. The first kappa shape index (κ1) is 21.4.